The number of anilines is 1. The Morgan fingerprint density at radius 2 is 1.65 bits per heavy atom. The molecule has 20 heavy (non-hydrogen) atoms. The van der Waals surface area contributed by atoms with E-state index in [-0.39, 0.29) is 0 Å². The molecule has 2 aromatic rings. The van der Waals surface area contributed by atoms with Crippen molar-refractivity contribution in [3.05, 3.63) is 42.0 Å². The van der Waals surface area contributed by atoms with Crippen LogP contribution in [0, 0.1) is 11.3 Å². The molecule has 0 saturated carbocycles. The molecule has 2 N–H and O–H groups in total. The third kappa shape index (κ3) is 2.93. The maximum Gasteiger partial charge on any atom is 0.153 e. The Balaban J connectivity index is 2.37. The van der Waals surface area contributed by atoms with Gasteiger partial charge in [-0.3, -0.25) is 0 Å². The summed E-state index contributed by atoms with van der Waals surface area (Å²) in [6, 6.07) is 12.1. The minimum absolute atomic E-state index is 0.445. The Morgan fingerprint density at radius 1 is 0.950 bits per heavy atom. The lowest BCUT2D eigenvalue weighted by atomic mass is 10.2. The zero-order chi connectivity index (χ0) is 14.5. The van der Waals surface area contributed by atoms with Crippen molar-refractivity contribution >= 4 is 5.69 Å². The molecule has 0 saturated heterocycles. The maximum atomic E-state index is 8.98. The minimum Gasteiger partial charge on any atom is -0.497 e. The molecule has 0 aliphatic rings. The monoisotopic (exact) mass is 270 g/mol. The van der Waals surface area contributed by atoms with Crippen molar-refractivity contribution < 1.29 is 14.2 Å². The number of nitrogens with zero attached hydrogens (tertiary/aromatic N) is 1. The molecule has 0 aliphatic carbocycles. The number of nitriles is 1. The highest BCUT2D eigenvalue weighted by Gasteiger charge is 2.07. The van der Waals surface area contributed by atoms with Crippen molar-refractivity contribution in [1.82, 2.24) is 0 Å². The van der Waals surface area contributed by atoms with Crippen molar-refractivity contribution in [2.24, 2.45) is 0 Å². The first-order chi connectivity index (χ1) is 9.66. The average molecular weight is 270 g/mol. The van der Waals surface area contributed by atoms with Crippen LogP contribution in [0.3, 0.4) is 0 Å². The van der Waals surface area contributed by atoms with Crippen LogP contribution in [0.5, 0.6) is 23.0 Å². The van der Waals surface area contributed by atoms with Gasteiger partial charge in [0.15, 0.2) is 5.75 Å². The molecule has 0 unspecified atom stereocenters. The van der Waals surface area contributed by atoms with E-state index in [0.717, 1.165) is 0 Å². The van der Waals surface area contributed by atoms with Crippen LogP contribution >= 0.6 is 0 Å². The molecule has 0 aliphatic heterocycles. The van der Waals surface area contributed by atoms with E-state index in [9.17, 15) is 0 Å². The van der Waals surface area contributed by atoms with Gasteiger partial charge < -0.3 is 19.9 Å². The molecule has 0 heterocycles. The number of hydrogen-bond acceptors (Lipinski definition) is 5. The van der Waals surface area contributed by atoms with Gasteiger partial charge in [0, 0.05) is 12.1 Å². The first-order valence-corrected chi connectivity index (χ1v) is 5.87. The van der Waals surface area contributed by atoms with E-state index in [4.69, 9.17) is 25.2 Å². The highest BCUT2D eigenvalue weighted by atomic mass is 16.5. The molecule has 0 radical (unpaired) electrons. The Bertz CT molecular complexity index is 663. The van der Waals surface area contributed by atoms with Gasteiger partial charge in [0.25, 0.3) is 0 Å². The second-order valence-corrected chi connectivity index (χ2v) is 4.01. The summed E-state index contributed by atoms with van der Waals surface area (Å²) in [6.07, 6.45) is 0. The summed E-state index contributed by atoms with van der Waals surface area (Å²) in [5.74, 6) is 2.11. The van der Waals surface area contributed by atoms with Crippen LogP contribution in [0.4, 0.5) is 5.69 Å². The molecule has 5 heteroatoms. The first-order valence-electron chi connectivity index (χ1n) is 5.87. The van der Waals surface area contributed by atoms with Crippen LogP contribution in [-0.4, -0.2) is 14.2 Å². The molecular weight excluding hydrogens is 256 g/mol. The van der Waals surface area contributed by atoms with Crippen LogP contribution in [0.2, 0.25) is 0 Å². The Labute approximate surface area is 117 Å². The lowest BCUT2D eigenvalue weighted by Gasteiger charge is -2.11. The number of hydrogen-bond donors (Lipinski definition) is 1. The number of rotatable bonds is 4. The molecule has 0 fully saturated rings. The lowest BCUT2D eigenvalue weighted by molar-refractivity contribution is 0.404. The highest BCUT2D eigenvalue weighted by molar-refractivity contribution is 5.57. The number of ether oxygens (including phenoxy) is 3. The molecule has 2 rings (SSSR count). The summed E-state index contributed by atoms with van der Waals surface area (Å²) in [5, 5.41) is 8.98. The van der Waals surface area contributed by atoms with Gasteiger partial charge >= 0.3 is 0 Å². The second kappa shape index (κ2) is 5.85. The van der Waals surface area contributed by atoms with Gasteiger partial charge in [-0.1, -0.05) is 0 Å². The van der Waals surface area contributed by atoms with Gasteiger partial charge in [-0.2, -0.15) is 5.26 Å². The van der Waals surface area contributed by atoms with Crippen molar-refractivity contribution in [2.45, 2.75) is 0 Å². The van der Waals surface area contributed by atoms with Gasteiger partial charge in [0.1, 0.15) is 17.2 Å². The fourth-order valence-corrected chi connectivity index (χ4v) is 1.67. The molecule has 0 bridgehead atoms. The molecule has 0 spiro atoms. The SMILES string of the molecule is COc1cc(C#N)cc(Oc2cc(OC)ccc2N)c1. The lowest BCUT2D eigenvalue weighted by Crippen LogP contribution is -1.94. The molecule has 0 atom stereocenters. The van der Waals surface area contributed by atoms with E-state index < -0.39 is 0 Å². The topological polar surface area (TPSA) is 77.5 Å². The van der Waals surface area contributed by atoms with Gasteiger partial charge in [-0.05, 0) is 24.3 Å². The van der Waals surface area contributed by atoms with Crippen molar-refractivity contribution in [2.75, 3.05) is 20.0 Å². The summed E-state index contributed by atoms with van der Waals surface area (Å²) in [4.78, 5) is 0. The average Bonchev–Trinajstić information content (AvgIpc) is 2.49. The predicted octanol–water partition coefficient (Wildman–Crippen LogP) is 2.95. The fourth-order valence-electron chi connectivity index (χ4n) is 1.67. The van der Waals surface area contributed by atoms with E-state index in [1.54, 1.807) is 43.5 Å². The number of benzene rings is 2. The summed E-state index contributed by atoms with van der Waals surface area (Å²) in [5.41, 5.74) is 6.78. The molecule has 0 amide bonds. The largest absolute Gasteiger partial charge is 0.497 e. The Hall–Kier alpha value is -2.87. The molecule has 2 aromatic carbocycles. The second-order valence-electron chi connectivity index (χ2n) is 4.01. The number of nitrogens with two attached hydrogens (primary N) is 1. The van der Waals surface area contributed by atoms with Crippen molar-refractivity contribution in [1.29, 1.82) is 5.26 Å². The van der Waals surface area contributed by atoms with Gasteiger partial charge in [0.05, 0.1) is 31.5 Å². The van der Waals surface area contributed by atoms with Crippen LogP contribution < -0.4 is 19.9 Å². The van der Waals surface area contributed by atoms with Crippen LogP contribution in [-0.2, 0) is 0 Å². The predicted molar refractivity (Wildman–Crippen MR) is 75.2 cm³/mol. The molecule has 5 nitrogen and oxygen atoms in total. The normalized spacial score (nSPS) is 9.65. The summed E-state index contributed by atoms with van der Waals surface area (Å²) < 4.78 is 15.9. The Morgan fingerprint density at radius 3 is 2.30 bits per heavy atom. The smallest absolute Gasteiger partial charge is 0.153 e. The summed E-state index contributed by atoms with van der Waals surface area (Å²) >= 11 is 0. The fraction of sp³-hybridized carbons (Fsp3) is 0.133. The van der Waals surface area contributed by atoms with Gasteiger partial charge in [0.2, 0.25) is 0 Å². The quantitative estimate of drug-likeness (QED) is 0.864. The van der Waals surface area contributed by atoms with Crippen LogP contribution in [0.25, 0.3) is 0 Å². The van der Waals surface area contributed by atoms with Crippen LogP contribution in [0.15, 0.2) is 36.4 Å². The summed E-state index contributed by atoms with van der Waals surface area (Å²) in [6.45, 7) is 0. The van der Waals surface area contributed by atoms with Gasteiger partial charge in [-0.25, -0.2) is 0 Å². The molecular formula is C15H14N2O3. The first kappa shape index (κ1) is 13.6. The summed E-state index contributed by atoms with van der Waals surface area (Å²) in [7, 11) is 3.09. The highest BCUT2D eigenvalue weighted by Crippen LogP contribution is 2.33. The van der Waals surface area contributed by atoms with Crippen molar-refractivity contribution in [3.63, 3.8) is 0 Å². The minimum atomic E-state index is 0.445. The standard InChI is InChI=1S/C15H14N2O3/c1-18-11-3-4-14(17)15(8-11)20-13-6-10(9-16)5-12(7-13)19-2/h3-8H,17H2,1-2H3. The maximum absolute atomic E-state index is 8.98. The Kier molecular flexibility index (Phi) is 3.96. The van der Waals surface area contributed by atoms with E-state index in [1.807, 2.05) is 6.07 Å². The van der Waals surface area contributed by atoms with E-state index in [2.05, 4.69) is 0 Å². The molecule has 0 aromatic heterocycles. The van der Waals surface area contributed by atoms with E-state index >= 15 is 0 Å². The van der Waals surface area contributed by atoms with Crippen molar-refractivity contribution in [3.8, 4) is 29.1 Å². The van der Waals surface area contributed by atoms with Gasteiger partial charge in [-0.15, -0.1) is 0 Å². The van der Waals surface area contributed by atoms with E-state index in [1.165, 1.54) is 7.11 Å². The number of nitrogen functional groups attached to an aromatic ring is 1. The third-order valence-electron chi connectivity index (χ3n) is 2.69. The zero-order valence-electron chi connectivity index (χ0n) is 11.2. The number of methoxy groups -OCH3 is 2. The third-order valence-corrected chi connectivity index (χ3v) is 2.69. The molecule has 102 valence electrons. The van der Waals surface area contributed by atoms with E-state index in [0.29, 0.717) is 34.2 Å². The van der Waals surface area contributed by atoms with Crippen LogP contribution in [0.1, 0.15) is 5.56 Å². The zero-order valence-corrected chi connectivity index (χ0v) is 11.2.